The van der Waals surface area contributed by atoms with Crippen LogP contribution >= 0.6 is 0 Å². The lowest BCUT2D eigenvalue weighted by atomic mass is 10.1. The maximum absolute atomic E-state index is 11.9. The summed E-state index contributed by atoms with van der Waals surface area (Å²) in [7, 11) is 1.85. The predicted octanol–water partition coefficient (Wildman–Crippen LogP) is 2.39. The molecule has 1 rings (SSSR count). The quantitative estimate of drug-likeness (QED) is 0.869. The average molecular weight is 248 g/mol. The van der Waals surface area contributed by atoms with Crippen molar-refractivity contribution in [3.05, 3.63) is 34.9 Å². The number of aryl methyl sites for hydroxylation is 2. The van der Waals surface area contributed by atoms with E-state index in [0.717, 1.165) is 6.42 Å². The number of rotatable bonds is 5. The first-order valence-electron chi connectivity index (χ1n) is 6.46. The van der Waals surface area contributed by atoms with Crippen molar-refractivity contribution in [1.82, 2.24) is 4.90 Å². The first kappa shape index (κ1) is 14.7. The molecule has 0 saturated heterocycles. The minimum absolute atomic E-state index is 0.0865. The molecule has 1 atom stereocenters. The lowest BCUT2D eigenvalue weighted by molar-refractivity contribution is -0.130. The Balaban J connectivity index is 2.58. The van der Waals surface area contributed by atoms with Crippen LogP contribution in [-0.4, -0.2) is 23.9 Å². The molecule has 1 aromatic carbocycles. The minimum atomic E-state index is 0.0865. The van der Waals surface area contributed by atoms with Gasteiger partial charge in [0.05, 0.1) is 0 Å². The van der Waals surface area contributed by atoms with Gasteiger partial charge < -0.3 is 10.6 Å². The Kier molecular flexibility index (Phi) is 5.35. The van der Waals surface area contributed by atoms with Crippen molar-refractivity contribution in [2.45, 2.75) is 46.2 Å². The van der Waals surface area contributed by atoms with Crippen molar-refractivity contribution in [2.24, 2.45) is 5.73 Å². The summed E-state index contributed by atoms with van der Waals surface area (Å²) in [5.41, 5.74) is 9.36. The molecule has 0 heterocycles. The molecule has 0 radical (unpaired) electrons. The van der Waals surface area contributed by atoms with Gasteiger partial charge in [-0.2, -0.15) is 0 Å². The second-order valence-electron chi connectivity index (χ2n) is 5.20. The van der Waals surface area contributed by atoms with Crippen LogP contribution < -0.4 is 5.73 Å². The fourth-order valence-electron chi connectivity index (χ4n) is 1.91. The van der Waals surface area contributed by atoms with Gasteiger partial charge in [-0.1, -0.05) is 23.8 Å². The van der Waals surface area contributed by atoms with Crippen molar-refractivity contribution in [3.8, 4) is 0 Å². The van der Waals surface area contributed by atoms with Crippen LogP contribution in [0.1, 0.15) is 36.5 Å². The molecule has 3 heteroatoms. The van der Waals surface area contributed by atoms with Gasteiger partial charge in [0, 0.05) is 26.1 Å². The van der Waals surface area contributed by atoms with Gasteiger partial charge in [-0.3, -0.25) is 4.79 Å². The minimum Gasteiger partial charge on any atom is -0.341 e. The third-order valence-corrected chi connectivity index (χ3v) is 3.14. The van der Waals surface area contributed by atoms with E-state index in [0.29, 0.717) is 13.0 Å². The Morgan fingerprint density at radius 2 is 2.06 bits per heavy atom. The predicted molar refractivity (Wildman–Crippen MR) is 75.3 cm³/mol. The second kappa shape index (κ2) is 6.55. The standard InChI is InChI=1S/C15H24N2O/c1-11-5-7-14(12(2)9-11)10-17(4)15(18)8-6-13(3)16/h5,7,9,13H,6,8,10,16H2,1-4H3. The van der Waals surface area contributed by atoms with Crippen LogP contribution in [0.5, 0.6) is 0 Å². The van der Waals surface area contributed by atoms with Gasteiger partial charge >= 0.3 is 0 Å². The molecule has 0 aromatic heterocycles. The maximum Gasteiger partial charge on any atom is 0.222 e. The Morgan fingerprint density at radius 3 is 2.61 bits per heavy atom. The van der Waals surface area contributed by atoms with Crippen molar-refractivity contribution in [1.29, 1.82) is 0 Å². The van der Waals surface area contributed by atoms with E-state index in [1.165, 1.54) is 16.7 Å². The number of benzene rings is 1. The molecule has 0 fully saturated rings. The molecule has 1 aromatic rings. The van der Waals surface area contributed by atoms with Gasteiger partial charge in [0.25, 0.3) is 0 Å². The topological polar surface area (TPSA) is 46.3 Å². The molecule has 100 valence electrons. The number of hydrogen-bond donors (Lipinski definition) is 1. The fraction of sp³-hybridized carbons (Fsp3) is 0.533. The Hall–Kier alpha value is -1.35. The summed E-state index contributed by atoms with van der Waals surface area (Å²) < 4.78 is 0. The van der Waals surface area contributed by atoms with Crippen LogP contribution in [0.25, 0.3) is 0 Å². The van der Waals surface area contributed by atoms with Crippen LogP contribution in [0, 0.1) is 13.8 Å². The molecular weight excluding hydrogens is 224 g/mol. The summed E-state index contributed by atoms with van der Waals surface area (Å²) >= 11 is 0. The largest absolute Gasteiger partial charge is 0.341 e. The highest BCUT2D eigenvalue weighted by atomic mass is 16.2. The van der Waals surface area contributed by atoms with Crippen LogP contribution in [0.4, 0.5) is 0 Å². The van der Waals surface area contributed by atoms with Gasteiger partial charge in [0.15, 0.2) is 0 Å². The number of hydrogen-bond acceptors (Lipinski definition) is 2. The third-order valence-electron chi connectivity index (χ3n) is 3.14. The lowest BCUT2D eigenvalue weighted by Gasteiger charge is -2.19. The van der Waals surface area contributed by atoms with Gasteiger partial charge in [-0.05, 0) is 38.3 Å². The van der Waals surface area contributed by atoms with Crippen molar-refractivity contribution >= 4 is 5.91 Å². The van der Waals surface area contributed by atoms with E-state index in [2.05, 4.69) is 32.0 Å². The van der Waals surface area contributed by atoms with Gasteiger partial charge in [-0.15, -0.1) is 0 Å². The first-order valence-corrected chi connectivity index (χ1v) is 6.46. The van der Waals surface area contributed by atoms with E-state index >= 15 is 0 Å². The van der Waals surface area contributed by atoms with Crippen molar-refractivity contribution in [2.75, 3.05) is 7.05 Å². The Labute approximate surface area is 110 Å². The molecule has 0 spiro atoms. The number of nitrogens with two attached hydrogens (primary N) is 1. The first-order chi connectivity index (χ1) is 8.40. The summed E-state index contributed by atoms with van der Waals surface area (Å²) in [6.45, 7) is 6.76. The molecule has 0 aliphatic heterocycles. The number of nitrogens with zero attached hydrogens (tertiary/aromatic N) is 1. The number of carbonyl (C=O) groups is 1. The molecule has 1 unspecified atom stereocenters. The van der Waals surface area contributed by atoms with Crippen LogP contribution in [0.15, 0.2) is 18.2 Å². The van der Waals surface area contributed by atoms with Crippen molar-refractivity contribution in [3.63, 3.8) is 0 Å². The normalized spacial score (nSPS) is 12.3. The van der Waals surface area contributed by atoms with Gasteiger partial charge in [0.1, 0.15) is 0 Å². The summed E-state index contributed by atoms with van der Waals surface area (Å²) in [4.78, 5) is 13.7. The molecule has 3 nitrogen and oxygen atoms in total. The zero-order chi connectivity index (χ0) is 13.7. The SMILES string of the molecule is Cc1ccc(CN(C)C(=O)CCC(C)N)c(C)c1. The van der Waals surface area contributed by atoms with Crippen LogP contribution in [-0.2, 0) is 11.3 Å². The van der Waals surface area contributed by atoms with Gasteiger partial charge in [0.2, 0.25) is 5.91 Å². The van der Waals surface area contributed by atoms with E-state index in [4.69, 9.17) is 5.73 Å². The molecule has 2 N–H and O–H groups in total. The maximum atomic E-state index is 11.9. The smallest absolute Gasteiger partial charge is 0.222 e. The van der Waals surface area contributed by atoms with Gasteiger partial charge in [-0.25, -0.2) is 0 Å². The van der Waals surface area contributed by atoms with E-state index in [1.807, 2.05) is 14.0 Å². The molecular formula is C15H24N2O. The van der Waals surface area contributed by atoms with E-state index in [9.17, 15) is 4.79 Å². The van der Waals surface area contributed by atoms with E-state index < -0.39 is 0 Å². The molecule has 1 amide bonds. The highest BCUT2D eigenvalue weighted by molar-refractivity contribution is 5.75. The van der Waals surface area contributed by atoms with E-state index in [1.54, 1.807) is 4.90 Å². The summed E-state index contributed by atoms with van der Waals surface area (Å²) in [6.07, 6.45) is 1.27. The number of carbonyl (C=O) groups excluding carboxylic acids is 1. The molecule has 18 heavy (non-hydrogen) atoms. The lowest BCUT2D eigenvalue weighted by Crippen LogP contribution is -2.28. The molecule has 0 bridgehead atoms. The zero-order valence-electron chi connectivity index (χ0n) is 11.9. The Bertz CT molecular complexity index is 413. The summed E-state index contributed by atoms with van der Waals surface area (Å²) in [5.74, 6) is 0.160. The van der Waals surface area contributed by atoms with Crippen molar-refractivity contribution < 1.29 is 4.79 Å². The number of amides is 1. The van der Waals surface area contributed by atoms with Crippen LogP contribution in [0.2, 0.25) is 0 Å². The van der Waals surface area contributed by atoms with Crippen LogP contribution in [0.3, 0.4) is 0 Å². The average Bonchev–Trinajstić information content (AvgIpc) is 2.29. The highest BCUT2D eigenvalue weighted by Gasteiger charge is 2.11. The summed E-state index contributed by atoms with van der Waals surface area (Å²) in [6, 6.07) is 6.42. The Morgan fingerprint density at radius 1 is 1.39 bits per heavy atom. The third kappa shape index (κ3) is 4.49. The highest BCUT2D eigenvalue weighted by Crippen LogP contribution is 2.13. The monoisotopic (exact) mass is 248 g/mol. The molecule has 0 saturated carbocycles. The molecule has 0 aliphatic rings. The van der Waals surface area contributed by atoms with E-state index in [-0.39, 0.29) is 11.9 Å². The fourth-order valence-corrected chi connectivity index (χ4v) is 1.91. The second-order valence-corrected chi connectivity index (χ2v) is 5.20. The summed E-state index contributed by atoms with van der Waals surface area (Å²) in [5, 5.41) is 0. The molecule has 0 aliphatic carbocycles. The zero-order valence-corrected chi connectivity index (χ0v) is 11.9.